The molecular formula is C19H16ClFO2. The third-order valence-corrected chi connectivity index (χ3v) is 4.66. The predicted molar refractivity (Wildman–Crippen MR) is 88.2 cm³/mol. The molecule has 0 N–H and O–H groups in total. The van der Waals surface area contributed by atoms with Crippen LogP contribution in [0.2, 0.25) is 5.02 Å². The largest absolute Gasteiger partial charge is 0.299 e. The molecule has 4 heteroatoms. The fraction of sp³-hybridized carbons (Fsp3) is 0.263. The van der Waals surface area contributed by atoms with Gasteiger partial charge in [0.2, 0.25) is 0 Å². The molecule has 0 unspecified atom stereocenters. The van der Waals surface area contributed by atoms with Crippen molar-refractivity contribution >= 4 is 23.2 Å². The number of carbonyl (C=O) groups excluding carboxylic acids is 2. The summed E-state index contributed by atoms with van der Waals surface area (Å²) in [6, 6.07) is 10.2. The Morgan fingerprint density at radius 1 is 1.04 bits per heavy atom. The van der Waals surface area contributed by atoms with Gasteiger partial charge in [-0.2, -0.15) is 0 Å². The van der Waals surface area contributed by atoms with Crippen molar-refractivity contribution < 1.29 is 14.0 Å². The average molecular weight is 331 g/mol. The fourth-order valence-corrected chi connectivity index (χ4v) is 3.22. The molecule has 1 aliphatic carbocycles. The Labute approximate surface area is 139 Å². The summed E-state index contributed by atoms with van der Waals surface area (Å²) in [5.74, 6) is -1.20. The van der Waals surface area contributed by atoms with Gasteiger partial charge in [0.1, 0.15) is 23.3 Å². The van der Waals surface area contributed by atoms with Gasteiger partial charge in [-0.05, 0) is 46.9 Å². The van der Waals surface area contributed by atoms with E-state index in [0.717, 1.165) is 23.1 Å². The summed E-state index contributed by atoms with van der Waals surface area (Å²) < 4.78 is 13.7. The van der Waals surface area contributed by atoms with Gasteiger partial charge in [0.05, 0.1) is 5.02 Å². The number of carbonyl (C=O) groups is 2. The summed E-state index contributed by atoms with van der Waals surface area (Å²) in [6.07, 6.45) is 1.36. The van der Waals surface area contributed by atoms with E-state index < -0.39 is 11.7 Å². The van der Waals surface area contributed by atoms with Crippen molar-refractivity contribution in [2.24, 2.45) is 0 Å². The van der Waals surface area contributed by atoms with Gasteiger partial charge in [0.25, 0.3) is 0 Å². The van der Waals surface area contributed by atoms with Crippen LogP contribution in [-0.2, 0) is 16.0 Å². The van der Waals surface area contributed by atoms with Crippen molar-refractivity contribution in [3.05, 3.63) is 58.4 Å². The van der Waals surface area contributed by atoms with Gasteiger partial charge in [0.15, 0.2) is 0 Å². The molecule has 0 atom stereocenters. The lowest BCUT2D eigenvalue weighted by atomic mass is 9.88. The molecule has 3 rings (SSSR count). The van der Waals surface area contributed by atoms with Crippen LogP contribution < -0.4 is 0 Å². The molecule has 23 heavy (non-hydrogen) atoms. The first-order valence-corrected chi connectivity index (χ1v) is 8.02. The van der Waals surface area contributed by atoms with Crippen LogP contribution in [0.5, 0.6) is 0 Å². The molecule has 0 heterocycles. The Hall–Kier alpha value is -2.00. The predicted octanol–water partition coefficient (Wildman–Crippen LogP) is 4.72. The summed E-state index contributed by atoms with van der Waals surface area (Å²) in [5.41, 5.74) is 3.19. The number of benzene rings is 2. The van der Waals surface area contributed by atoms with Crippen molar-refractivity contribution in [2.45, 2.75) is 32.1 Å². The van der Waals surface area contributed by atoms with E-state index in [1.807, 2.05) is 25.1 Å². The van der Waals surface area contributed by atoms with Crippen LogP contribution in [0, 0.1) is 5.82 Å². The lowest BCUT2D eigenvalue weighted by molar-refractivity contribution is -0.123. The third kappa shape index (κ3) is 2.93. The summed E-state index contributed by atoms with van der Waals surface area (Å²) >= 11 is 5.72. The van der Waals surface area contributed by atoms with Crippen LogP contribution in [0.1, 0.15) is 36.8 Å². The fourth-order valence-electron chi connectivity index (χ4n) is 3.10. The van der Waals surface area contributed by atoms with Gasteiger partial charge in [0, 0.05) is 12.8 Å². The van der Waals surface area contributed by atoms with Crippen molar-refractivity contribution in [3.63, 3.8) is 0 Å². The van der Waals surface area contributed by atoms with Gasteiger partial charge in [-0.15, -0.1) is 0 Å². The van der Waals surface area contributed by atoms with E-state index in [4.69, 9.17) is 11.6 Å². The second-order valence-electron chi connectivity index (χ2n) is 5.76. The Morgan fingerprint density at radius 3 is 2.26 bits per heavy atom. The van der Waals surface area contributed by atoms with Crippen LogP contribution in [0.3, 0.4) is 0 Å². The number of hydrogen-bond acceptors (Lipinski definition) is 2. The van der Waals surface area contributed by atoms with Gasteiger partial charge >= 0.3 is 0 Å². The van der Waals surface area contributed by atoms with Gasteiger partial charge < -0.3 is 0 Å². The number of rotatable bonds is 3. The van der Waals surface area contributed by atoms with E-state index in [0.29, 0.717) is 18.4 Å². The zero-order valence-corrected chi connectivity index (χ0v) is 13.5. The standard InChI is InChI=1S/C19H16ClFO2/c1-2-11-3-4-12(13-5-6-15(20)16(21)10-13)9-14(11)19-17(22)7-8-18(19)23/h3-6,9-10,19H,2,7-8H2,1H3. The lowest BCUT2D eigenvalue weighted by Crippen LogP contribution is -2.14. The highest BCUT2D eigenvalue weighted by Crippen LogP contribution is 2.34. The highest BCUT2D eigenvalue weighted by molar-refractivity contribution is 6.30. The second kappa shape index (κ2) is 6.25. The van der Waals surface area contributed by atoms with Crippen molar-refractivity contribution in [1.82, 2.24) is 0 Å². The molecule has 2 aromatic carbocycles. The quantitative estimate of drug-likeness (QED) is 0.763. The van der Waals surface area contributed by atoms with Gasteiger partial charge in [-0.1, -0.05) is 36.7 Å². The zero-order valence-electron chi connectivity index (χ0n) is 12.7. The Kier molecular flexibility index (Phi) is 4.31. The maximum atomic E-state index is 13.7. The lowest BCUT2D eigenvalue weighted by Gasteiger charge is -2.15. The molecule has 0 aromatic heterocycles. The molecule has 2 aromatic rings. The molecule has 0 bridgehead atoms. The molecule has 1 fully saturated rings. The molecule has 2 nitrogen and oxygen atoms in total. The van der Waals surface area contributed by atoms with E-state index >= 15 is 0 Å². The zero-order chi connectivity index (χ0) is 16.6. The second-order valence-corrected chi connectivity index (χ2v) is 6.17. The number of Topliss-reactive ketones (excluding diaryl/α,β-unsaturated/α-hetero) is 2. The number of halogens is 2. The smallest absolute Gasteiger partial charge is 0.148 e. The number of ketones is 2. The average Bonchev–Trinajstić information content (AvgIpc) is 2.88. The monoisotopic (exact) mass is 330 g/mol. The SMILES string of the molecule is CCc1ccc(-c2ccc(Cl)c(F)c2)cc1C1C(=O)CCC1=O. The minimum Gasteiger partial charge on any atom is -0.299 e. The maximum absolute atomic E-state index is 13.7. The van der Waals surface area contributed by atoms with Crippen LogP contribution in [0.25, 0.3) is 11.1 Å². The third-order valence-electron chi connectivity index (χ3n) is 4.35. The molecule has 0 radical (unpaired) electrons. The highest BCUT2D eigenvalue weighted by Gasteiger charge is 2.35. The molecule has 0 amide bonds. The first kappa shape index (κ1) is 15.9. The van der Waals surface area contributed by atoms with Crippen LogP contribution >= 0.6 is 11.6 Å². The Morgan fingerprint density at radius 2 is 1.65 bits per heavy atom. The summed E-state index contributed by atoms with van der Waals surface area (Å²) in [7, 11) is 0. The van der Waals surface area contributed by atoms with Crippen LogP contribution in [0.4, 0.5) is 4.39 Å². The number of hydrogen-bond donors (Lipinski definition) is 0. The van der Waals surface area contributed by atoms with Gasteiger partial charge in [-0.3, -0.25) is 9.59 Å². The Bertz CT molecular complexity index is 782. The molecule has 0 aliphatic heterocycles. The summed E-state index contributed by atoms with van der Waals surface area (Å²) in [6.45, 7) is 1.99. The van der Waals surface area contributed by atoms with Crippen molar-refractivity contribution in [2.75, 3.05) is 0 Å². The number of aryl methyl sites for hydroxylation is 1. The molecule has 0 spiro atoms. The first-order chi connectivity index (χ1) is 11.0. The molecule has 0 saturated heterocycles. The van der Waals surface area contributed by atoms with Crippen molar-refractivity contribution in [1.29, 1.82) is 0 Å². The Balaban J connectivity index is 2.10. The summed E-state index contributed by atoms with van der Waals surface area (Å²) in [5, 5.41) is 0.0697. The molecule has 1 aliphatic rings. The maximum Gasteiger partial charge on any atom is 0.148 e. The molecule has 118 valence electrons. The molecule has 1 saturated carbocycles. The minimum absolute atomic E-state index is 0.0239. The van der Waals surface area contributed by atoms with E-state index in [2.05, 4.69) is 0 Å². The van der Waals surface area contributed by atoms with E-state index in [1.54, 1.807) is 6.07 Å². The highest BCUT2D eigenvalue weighted by atomic mass is 35.5. The minimum atomic E-state index is -0.665. The van der Waals surface area contributed by atoms with Crippen LogP contribution in [-0.4, -0.2) is 11.6 Å². The molecular weight excluding hydrogens is 315 g/mol. The van der Waals surface area contributed by atoms with E-state index in [-0.39, 0.29) is 16.6 Å². The van der Waals surface area contributed by atoms with Crippen LogP contribution in [0.15, 0.2) is 36.4 Å². The van der Waals surface area contributed by atoms with Gasteiger partial charge in [-0.25, -0.2) is 4.39 Å². The van der Waals surface area contributed by atoms with E-state index in [1.165, 1.54) is 12.1 Å². The van der Waals surface area contributed by atoms with Crippen molar-refractivity contribution in [3.8, 4) is 11.1 Å². The normalized spacial score (nSPS) is 15.4. The summed E-state index contributed by atoms with van der Waals surface area (Å²) in [4.78, 5) is 24.2. The van der Waals surface area contributed by atoms with E-state index in [9.17, 15) is 14.0 Å². The topological polar surface area (TPSA) is 34.1 Å². The first-order valence-electron chi connectivity index (χ1n) is 7.65.